The Morgan fingerprint density at radius 1 is 1.00 bits per heavy atom. The van der Waals surface area contributed by atoms with Crippen LogP contribution in [0.25, 0.3) is 11.1 Å². The van der Waals surface area contributed by atoms with Gasteiger partial charge in [-0.3, -0.25) is 9.59 Å². The van der Waals surface area contributed by atoms with Crippen molar-refractivity contribution >= 4 is 35.1 Å². The predicted octanol–water partition coefficient (Wildman–Crippen LogP) is 6.41. The first-order chi connectivity index (χ1) is 21.6. The van der Waals surface area contributed by atoms with Crippen LogP contribution in [0.2, 0.25) is 10.3 Å². The third-order valence-electron chi connectivity index (χ3n) is 7.83. The maximum atomic E-state index is 12.3. The van der Waals surface area contributed by atoms with Crippen molar-refractivity contribution in [3.05, 3.63) is 112 Å². The van der Waals surface area contributed by atoms with Gasteiger partial charge in [0.1, 0.15) is 5.15 Å². The molecule has 0 bridgehead atoms. The standard InChI is InChI=1S/C34H35Cl2N3O6/c1-20-29(17-39-19-38-31(35)32(39)36)44-34(45-30(20)25-12-10-23(18-40)11-13-25)28-9-5-8-27(15-28)26-7-4-6-24(14-26)16-37-33(42)21(2)43-22(3)41/h4-15,19-21,29-30,34,40H,16-18H2,1-3H3,(H,37,42)/t20-,21-,29+,30+,34+/m0/s1. The van der Waals surface area contributed by atoms with Gasteiger partial charge in [0.05, 0.1) is 31.7 Å². The van der Waals surface area contributed by atoms with E-state index >= 15 is 0 Å². The summed E-state index contributed by atoms with van der Waals surface area (Å²) in [6.45, 7) is 5.55. The van der Waals surface area contributed by atoms with Crippen LogP contribution >= 0.6 is 23.2 Å². The number of halogens is 2. The molecule has 1 aromatic heterocycles. The Bertz CT molecular complexity index is 1640. The largest absolute Gasteiger partial charge is 0.453 e. The highest BCUT2D eigenvalue weighted by molar-refractivity contribution is 6.40. The lowest BCUT2D eigenvalue weighted by atomic mass is 9.90. The fourth-order valence-electron chi connectivity index (χ4n) is 5.35. The van der Waals surface area contributed by atoms with Gasteiger partial charge >= 0.3 is 5.97 Å². The summed E-state index contributed by atoms with van der Waals surface area (Å²) in [5.41, 5.74) is 5.42. The number of aliphatic hydroxyl groups is 1. The SMILES string of the molecule is CC(=O)O[C@@H](C)C(=O)NCc1cccc(-c2cccc([C@@H]3O[C@H](Cn4cnc(Cl)c4Cl)[C@H](C)[C@H](c4ccc(CO)cc4)O3)c2)c1. The van der Waals surface area contributed by atoms with E-state index in [-0.39, 0.29) is 42.3 Å². The van der Waals surface area contributed by atoms with E-state index in [0.717, 1.165) is 33.4 Å². The molecule has 1 aliphatic heterocycles. The van der Waals surface area contributed by atoms with Crippen molar-refractivity contribution in [2.75, 3.05) is 0 Å². The van der Waals surface area contributed by atoms with Crippen LogP contribution in [0.4, 0.5) is 0 Å². The van der Waals surface area contributed by atoms with Crippen LogP contribution in [-0.4, -0.2) is 38.7 Å². The average Bonchev–Trinajstić information content (AvgIpc) is 3.36. The summed E-state index contributed by atoms with van der Waals surface area (Å²) in [6, 6.07) is 23.5. The van der Waals surface area contributed by atoms with Gasteiger partial charge in [-0.15, -0.1) is 0 Å². The molecule has 1 amide bonds. The Labute approximate surface area is 272 Å². The number of carbonyl (C=O) groups excluding carboxylic acids is 2. The molecule has 0 saturated carbocycles. The minimum Gasteiger partial charge on any atom is -0.453 e. The molecule has 2 N–H and O–H groups in total. The van der Waals surface area contributed by atoms with Crippen LogP contribution in [0, 0.1) is 5.92 Å². The number of aromatic nitrogens is 2. The van der Waals surface area contributed by atoms with E-state index in [4.69, 9.17) is 37.4 Å². The second kappa shape index (κ2) is 14.6. The van der Waals surface area contributed by atoms with E-state index in [2.05, 4.69) is 17.2 Å². The van der Waals surface area contributed by atoms with Crippen molar-refractivity contribution in [3.8, 4) is 11.1 Å². The summed E-state index contributed by atoms with van der Waals surface area (Å²) in [5.74, 6) is -0.933. The lowest BCUT2D eigenvalue weighted by Crippen LogP contribution is -2.39. The van der Waals surface area contributed by atoms with Crippen LogP contribution < -0.4 is 5.32 Å². The maximum Gasteiger partial charge on any atom is 0.303 e. The molecule has 45 heavy (non-hydrogen) atoms. The highest BCUT2D eigenvalue weighted by atomic mass is 35.5. The number of carbonyl (C=O) groups is 2. The molecule has 2 heterocycles. The minimum absolute atomic E-state index is 0.0383. The second-order valence-electron chi connectivity index (χ2n) is 11.1. The van der Waals surface area contributed by atoms with E-state index in [9.17, 15) is 14.7 Å². The molecular weight excluding hydrogens is 617 g/mol. The summed E-state index contributed by atoms with van der Waals surface area (Å²) in [4.78, 5) is 27.6. The number of nitrogens with one attached hydrogen (secondary N) is 1. The molecule has 0 spiro atoms. The number of rotatable bonds is 10. The molecule has 0 aliphatic carbocycles. The number of imidazole rings is 1. The number of esters is 1. The van der Waals surface area contributed by atoms with E-state index in [1.165, 1.54) is 13.8 Å². The first-order valence-corrected chi connectivity index (χ1v) is 15.4. The quantitative estimate of drug-likeness (QED) is 0.191. The van der Waals surface area contributed by atoms with Gasteiger partial charge < -0.3 is 29.2 Å². The van der Waals surface area contributed by atoms with Gasteiger partial charge in [0.2, 0.25) is 0 Å². The summed E-state index contributed by atoms with van der Waals surface area (Å²) in [7, 11) is 0. The number of aliphatic hydroxyl groups excluding tert-OH is 1. The molecule has 236 valence electrons. The van der Waals surface area contributed by atoms with Gasteiger partial charge in [0.15, 0.2) is 17.5 Å². The van der Waals surface area contributed by atoms with Crippen LogP contribution in [0.3, 0.4) is 0 Å². The van der Waals surface area contributed by atoms with Crippen molar-refractivity contribution in [2.45, 2.75) is 65.1 Å². The van der Waals surface area contributed by atoms with Crippen molar-refractivity contribution < 1.29 is 28.9 Å². The summed E-state index contributed by atoms with van der Waals surface area (Å²) in [5, 5.41) is 12.9. The summed E-state index contributed by atoms with van der Waals surface area (Å²) >= 11 is 12.5. The Morgan fingerprint density at radius 2 is 1.71 bits per heavy atom. The van der Waals surface area contributed by atoms with Crippen LogP contribution in [0.5, 0.6) is 0 Å². The van der Waals surface area contributed by atoms with E-state index in [0.29, 0.717) is 11.7 Å². The zero-order chi connectivity index (χ0) is 32.1. The molecule has 0 unspecified atom stereocenters. The van der Waals surface area contributed by atoms with Gasteiger partial charge in [-0.25, -0.2) is 4.98 Å². The number of ether oxygens (including phenoxy) is 3. The summed E-state index contributed by atoms with van der Waals surface area (Å²) < 4.78 is 19.9. The van der Waals surface area contributed by atoms with Crippen molar-refractivity contribution in [1.82, 2.24) is 14.9 Å². The fourth-order valence-corrected chi connectivity index (χ4v) is 5.67. The predicted molar refractivity (Wildman–Crippen MR) is 170 cm³/mol. The molecule has 9 nitrogen and oxygen atoms in total. The summed E-state index contributed by atoms with van der Waals surface area (Å²) in [6.07, 6.45) is -0.550. The Balaban J connectivity index is 1.38. The normalized spacial score (nSPS) is 20.4. The van der Waals surface area contributed by atoms with E-state index in [1.807, 2.05) is 72.8 Å². The van der Waals surface area contributed by atoms with Gasteiger partial charge in [0.25, 0.3) is 5.91 Å². The first-order valence-electron chi connectivity index (χ1n) is 14.6. The van der Waals surface area contributed by atoms with Crippen LogP contribution in [0.1, 0.15) is 55.4 Å². The topological polar surface area (TPSA) is 112 Å². The van der Waals surface area contributed by atoms with Crippen LogP contribution in [-0.2, 0) is 43.5 Å². The highest BCUT2D eigenvalue weighted by Gasteiger charge is 2.39. The second-order valence-corrected chi connectivity index (χ2v) is 11.8. The zero-order valence-electron chi connectivity index (χ0n) is 25.2. The van der Waals surface area contributed by atoms with Gasteiger partial charge in [0, 0.05) is 24.9 Å². The molecule has 11 heteroatoms. The molecule has 0 radical (unpaired) electrons. The van der Waals surface area contributed by atoms with Gasteiger partial charge in [-0.1, -0.05) is 90.8 Å². The average molecular weight is 653 g/mol. The zero-order valence-corrected chi connectivity index (χ0v) is 26.7. The maximum absolute atomic E-state index is 12.3. The lowest BCUT2D eigenvalue weighted by molar-refractivity contribution is -0.276. The minimum atomic E-state index is -0.873. The number of amides is 1. The first kappa shape index (κ1) is 32.7. The lowest BCUT2D eigenvalue weighted by Gasteiger charge is -2.41. The third-order valence-corrected chi connectivity index (χ3v) is 8.60. The van der Waals surface area contributed by atoms with Gasteiger partial charge in [-0.2, -0.15) is 0 Å². The van der Waals surface area contributed by atoms with Crippen LogP contribution in [0.15, 0.2) is 79.1 Å². The number of nitrogens with zero attached hydrogens (tertiary/aromatic N) is 2. The Morgan fingerprint density at radius 3 is 2.38 bits per heavy atom. The molecule has 1 aliphatic rings. The third kappa shape index (κ3) is 7.92. The molecule has 1 fully saturated rings. The van der Waals surface area contributed by atoms with E-state index in [1.54, 1.807) is 10.9 Å². The van der Waals surface area contributed by atoms with Crippen molar-refractivity contribution in [1.29, 1.82) is 0 Å². The Kier molecular flexibility index (Phi) is 10.6. The number of hydrogen-bond donors (Lipinski definition) is 2. The molecule has 5 rings (SSSR count). The molecule has 5 atom stereocenters. The van der Waals surface area contributed by atoms with E-state index < -0.39 is 18.4 Å². The Hall–Kier alpha value is -3.73. The smallest absolute Gasteiger partial charge is 0.303 e. The molecular formula is C34H35Cl2N3O6. The highest BCUT2D eigenvalue weighted by Crippen LogP contribution is 2.43. The number of benzene rings is 3. The van der Waals surface area contributed by atoms with Crippen molar-refractivity contribution in [2.24, 2.45) is 5.92 Å². The van der Waals surface area contributed by atoms with Crippen molar-refractivity contribution in [3.63, 3.8) is 0 Å². The fraction of sp³-hybridized carbons (Fsp3) is 0.324. The molecule has 3 aromatic carbocycles. The van der Waals surface area contributed by atoms with Gasteiger partial charge in [-0.05, 0) is 46.9 Å². The number of hydrogen-bond acceptors (Lipinski definition) is 7. The molecule has 1 saturated heterocycles. The monoisotopic (exact) mass is 651 g/mol. The molecule has 4 aromatic rings.